The molecule has 19 heavy (non-hydrogen) atoms. The van der Waals surface area contributed by atoms with Gasteiger partial charge < -0.3 is 10.4 Å². The third-order valence-corrected chi connectivity index (χ3v) is 2.45. The number of nitrogens with zero attached hydrogens (tertiary/aromatic N) is 1. The number of hydrogen-bond donors (Lipinski definition) is 2. The van der Waals surface area contributed by atoms with E-state index in [0.29, 0.717) is 6.07 Å². The van der Waals surface area contributed by atoms with Crippen LogP contribution < -0.4 is 5.32 Å². The van der Waals surface area contributed by atoms with Gasteiger partial charge in [0.2, 0.25) is 0 Å². The van der Waals surface area contributed by atoms with Crippen molar-refractivity contribution in [2.24, 2.45) is 0 Å². The Kier molecular flexibility index (Phi) is 3.75. The maximum atomic E-state index is 12.5. The first-order valence-corrected chi connectivity index (χ1v) is 5.21. The highest BCUT2D eigenvalue weighted by Crippen LogP contribution is 2.32. The van der Waals surface area contributed by atoms with Gasteiger partial charge in [0.05, 0.1) is 16.8 Å². The number of alkyl halides is 3. The van der Waals surface area contributed by atoms with Crippen molar-refractivity contribution in [3.05, 3.63) is 29.3 Å². The number of halogens is 3. The highest BCUT2D eigenvalue weighted by molar-refractivity contribution is 5.82. The van der Waals surface area contributed by atoms with Gasteiger partial charge in [-0.25, -0.2) is 4.79 Å². The van der Waals surface area contributed by atoms with Crippen LogP contribution in [0.3, 0.4) is 0 Å². The zero-order valence-corrected chi connectivity index (χ0v) is 10.2. The molecule has 0 fully saturated rings. The number of hydrogen-bond acceptors (Lipinski definition) is 3. The second-order valence-electron chi connectivity index (χ2n) is 4.43. The van der Waals surface area contributed by atoms with Crippen LogP contribution in [0.15, 0.2) is 18.2 Å². The number of carbonyl (C=O) groups is 1. The van der Waals surface area contributed by atoms with Gasteiger partial charge in [0.15, 0.2) is 0 Å². The number of anilines is 1. The van der Waals surface area contributed by atoms with Crippen LogP contribution in [0.4, 0.5) is 18.9 Å². The van der Waals surface area contributed by atoms with Crippen molar-refractivity contribution in [3.63, 3.8) is 0 Å². The van der Waals surface area contributed by atoms with Crippen LogP contribution in [-0.2, 0) is 11.0 Å². The largest absolute Gasteiger partial charge is 0.480 e. The number of rotatable bonds is 3. The van der Waals surface area contributed by atoms with Crippen molar-refractivity contribution >= 4 is 11.7 Å². The zero-order valence-electron chi connectivity index (χ0n) is 10.2. The molecule has 0 saturated heterocycles. The second-order valence-corrected chi connectivity index (χ2v) is 4.43. The molecule has 102 valence electrons. The van der Waals surface area contributed by atoms with Gasteiger partial charge in [-0.05, 0) is 32.0 Å². The van der Waals surface area contributed by atoms with Crippen LogP contribution in [-0.4, -0.2) is 16.6 Å². The van der Waals surface area contributed by atoms with E-state index in [4.69, 9.17) is 10.4 Å². The van der Waals surface area contributed by atoms with Gasteiger partial charge >= 0.3 is 12.1 Å². The Hall–Kier alpha value is -2.23. The van der Waals surface area contributed by atoms with Gasteiger partial charge in [0.1, 0.15) is 11.6 Å². The summed E-state index contributed by atoms with van der Waals surface area (Å²) in [6, 6.07) is 4.14. The first-order chi connectivity index (χ1) is 8.58. The molecule has 7 heteroatoms. The predicted octanol–water partition coefficient (Wildman–Crippen LogP) is 2.85. The van der Waals surface area contributed by atoms with Crippen LogP contribution in [0.25, 0.3) is 0 Å². The first-order valence-electron chi connectivity index (χ1n) is 5.21. The minimum atomic E-state index is -4.55. The van der Waals surface area contributed by atoms with Crippen molar-refractivity contribution in [1.29, 1.82) is 5.26 Å². The van der Waals surface area contributed by atoms with E-state index in [9.17, 15) is 18.0 Å². The van der Waals surface area contributed by atoms with E-state index in [1.54, 1.807) is 6.07 Å². The van der Waals surface area contributed by atoms with E-state index in [0.717, 1.165) is 12.1 Å². The Labute approximate surface area is 107 Å². The fourth-order valence-corrected chi connectivity index (χ4v) is 1.31. The summed E-state index contributed by atoms with van der Waals surface area (Å²) >= 11 is 0. The molecule has 1 rings (SSSR count). The van der Waals surface area contributed by atoms with E-state index in [1.807, 2.05) is 0 Å². The molecule has 0 amide bonds. The summed E-state index contributed by atoms with van der Waals surface area (Å²) in [4.78, 5) is 10.9. The molecule has 0 bridgehead atoms. The predicted molar refractivity (Wildman–Crippen MR) is 61.5 cm³/mol. The standard InChI is InChI=1S/C12H11F3N2O2/c1-11(2,10(18)19)17-9-4-3-8(12(13,14)15)5-7(9)6-16/h3-5,17H,1-2H3,(H,18,19). The smallest absolute Gasteiger partial charge is 0.416 e. The van der Waals surface area contributed by atoms with Gasteiger partial charge in [0, 0.05) is 0 Å². The number of nitriles is 1. The summed E-state index contributed by atoms with van der Waals surface area (Å²) < 4.78 is 37.4. The van der Waals surface area contributed by atoms with Crippen LogP contribution in [0.5, 0.6) is 0 Å². The topological polar surface area (TPSA) is 73.1 Å². The molecule has 0 aliphatic heterocycles. The lowest BCUT2D eigenvalue weighted by molar-refractivity contribution is -0.141. The molecular formula is C12H11F3N2O2. The number of carboxylic acids is 1. The maximum Gasteiger partial charge on any atom is 0.416 e. The quantitative estimate of drug-likeness (QED) is 0.887. The van der Waals surface area contributed by atoms with Crippen LogP contribution >= 0.6 is 0 Å². The molecule has 0 aliphatic carbocycles. The SMILES string of the molecule is CC(C)(Nc1ccc(C(F)(F)F)cc1C#N)C(=O)O. The third-order valence-electron chi connectivity index (χ3n) is 2.45. The van der Waals surface area contributed by atoms with Gasteiger partial charge in [-0.15, -0.1) is 0 Å². The Morgan fingerprint density at radius 1 is 1.37 bits per heavy atom. The molecule has 1 aromatic carbocycles. The lowest BCUT2D eigenvalue weighted by Gasteiger charge is -2.23. The molecule has 0 unspecified atom stereocenters. The molecule has 0 saturated carbocycles. The first kappa shape index (κ1) is 14.8. The van der Waals surface area contributed by atoms with E-state index in [-0.39, 0.29) is 11.3 Å². The molecule has 0 atom stereocenters. The third kappa shape index (κ3) is 3.37. The monoisotopic (exact) mass is 272 g/mol. The number of aliphatic carboxylic acids is 1. The molecule has 0 heterocycles. The van der Waals surface area contributed by atoms with E-state index < -0.39 is 23.2 Å². The summed E-state index contributed by atoms with van der Waals surface area (Å²) in [5.74, 6) is -1.18. The van der Waals surface area contributed by atoms with Crippen molar-refractivity contribution in [1.82, 2.24) is 0 Å². The van der Waals surface area contributed by atoms with E-state index in [2.05, 4.69) is 5.32 Å². The molecule has 0 aromatic heterocycles. The molecule has 4 nitrogen and oxygen atoms in total. The fraction of sp³-hybridized carbons (Fsp3) is 0.333. The molecule has 0 radical (unpaired) electrons. The van der Waals surface area contributed by atoms with Gasteiger partial charge in [-0.1, -0.05) is 0 Å². The Balaban J connectivity index is 3.19. The van der Waals surface area contributed by atoms with E-state index >= 15 is 0 Å². The summed E-state index contributed by atoms with van der Waals surface area (Å²) in [7, 11) is 0. The Morgan fingerprint density at radius 2 is 1.95 bits per heavy atom. The minimum Gasteiger partial charge on any atom is -0.480 e. The van der Waals surface area contributed by atoms with Crippen LogP contribution in [0, 0.1) is 11.3 Å². The van der Waals surface area contributed by atoms with Crippen LogP contribution in [0.1, 0.15) is 25.0 Å². The van der Waals surface area contributed by atoms with Crippen molar-refractivity contribution in [3.8, 4) is 6.07 Å². The minimum absolute atomic E-state index is 0.0444. The fourth-order valence-electron chi connectivity index (χ4n) is 1.31. The average Bonchev–Trinajstić information content (AvgIpc) is 2.27. The molecule has 0 spiro atoms. The van der Waals surface area contributed by atoms with Crippen molar-refractivity contribution in [2.45, 2.75) is 25.6 Å². The van der Waals surface area contributed by atoms with Crippen molar-refractivity contribution in [2.75, 3.05) is 5.32 Å². The summed E-state index contributed by atoms with van der Waals surface area (Å²) in [5, 5.41) is 20.3. The average molecular weight is 272 g/mol. The lowest BCUT2D eigenvalue weighted by Crippen LogP contribution is -2.40. The highest BCUT2D eigenvalue weighted by atomic mass is 19.4. The van der Waals surface area contributed by atoms with Gasteiger partial charge in [0.25, 0.3) is 0 Å². The normalized spacial score (nSPS) is 11.8. The van der Waals surface area contributed by atoms with Crippen LogP contribution in [0.2, 0.25) is 0 Å². The molecular weight excluding hydrogens is 261 g/mol. The highest BCUT2D eigenvalue weighted by Gasteiger charge is 2.32. The summed E-state index contributed by atoms with van der Waals surface area (Å²) in [6.45, 7) is 2.68. The second kappa shape index (κ2) is 4.80. The van der Waals surface area contributed by atoms with Gasteiger partial charge in [-0.2, -0.15) is 18.4 Å². The lowest BCUT2D eigenvalue weighted by atomic mass is 10.0. The Morgan fingerprint density at radius 3 is 2.37 bits per heavy atom. The Bertz CT molecular complexity index is 545. The molecule has 2 N–H and O–H groups in total. The van der Waals surface area contributed by atoms with E-state index in [1.165, 1.54) is 13.8 Å². The maximum absolute atomic E-state index is 12.5. The number of benzene rings is 1. The number of nitrogens with one attached hydrogen (secondary N) is 1. The van der Waals surface area contributed by atoms with Crippen molar-refractivity contribution < 1.29 is 23.1 Å². The molecule has 1 aromatic rings. The summed E-state index contributed by atoms with van der Waals surface area (Å²) in [6.07, 6.45) is -4.55. The number of carboxylic acid groups (broad SMARTS) is 1. The summed E-state index contributed by atoms with van der Waals surface area (Å²) in [5.41, 5.74) is -2.57. The molecule has 0 aliphatic rings. The zero-order chi connectivity index (χ0) is 14.8. The van der Waals surface area contributed by atoms with Gasteiger partial charge in [-0.3, -0.25) is 0 Å².